The van der Waals surface area contributed by atoms with Crippen LogP contribution >= 0.6 is 0 Å². The fourth-order valence-corrected chi connectivity index (χ4v) is 11.0. The number of hydrogen-bond donors (Lipinski definition) is 0. The van der Waals surface area contributed by atoms with E-state index in [-0.39, 0.29) is 16.7 Å². The van der Waals surface area contributed by atoms with Crippen molar-refractivity contribution >= 4 is 11.0 Å². The monoisotopic (exact) mass is 859 g/mol. The molecule has 5 heterocycles. The zero-order valence-corrected chi connectivity index (χ0v) is 39.6. The standard InChI is InChI=1S/C62H57N3O/c1-38(2)44-32-48(39(3)4)58-52(33-44)59-64(53-29-28-46(61(8,9)60(5,6)7)37-49(53)42-24-17-12-18-25-42)54-27-19-26-47-50-34-45(41-22-15-11-16-23-41)35-51-55-36-43(40-20-13-10-14-21-40)30-31-63(55)62(66-58,56(50)51)65(59)57(47)54/h10-39H,1-9H3/q+2. The maximum Gasteiger partial charge on any atom is 0.499 e. The maximum atomic E-state index is 8.10. The van der Waals surface area contributed by atoms with Gasteiger partial charge in [0.2, 0.25) is 5.69 Å². The molecular weight excluding hydrogens is 803 g/mol. The van der Waals surface area contributed by atoms with E-state index in [4.69, 9.17) is 4.74 Å². The Hall–Kier alpha value is -7.04. The summed E-state index contributed by atoms with van der Waals surface area (Å²) in [6.07, 6.45) is 2.29. The van der Waals surface area contributed by atoms with Crippen molar-refractivity contribution in [3.63, 3.8) is 0 Å². The summed E-state index contributed by atoms with van der Waals surface area (Å²) in [5.41, 5.74) is 21.4. The van der Waals surface area contributed by atoms with Crippen LogP contribution in [0.5, 0.6) is 5.75 Å². The summed E-state index contributed by atoms with van der Waals surface area (Å²) >= 11 is 0. The molecule has 1 unspecified atom stereocenters. The summed E-state index contributed by atoms with van der Waals surface area (Å²) in [6, 6.07) is 61.2. The van der Waals surface area contributed by atoms with Crippen molar-refractivity contribution in [1.82, 2.24) is 4.57 Å². The Bertz CT molecular complexity index is 3440. The van der Waals surface area contributed by atoms with Crippen LogP contribution in [-0.2, 0) is 11.3 Å². The number of pyridine rings is 1. The molecule has 1 atom stereocenters. The second-order valence-corrected chi connectivity index (χ2v) is 21.0. The minimum absolute atomic E-state index is 0.0317. The van der Waals surface area contributed by atoms with Gasteiger partial charge in [0.25, 0.3) is 0 Å². The van der Waals surface area contributed by atoms with E-state index >= 15 is 0 Å². The predicted octanol–water partition coefficient (Wildman–Crippen LogP) is 15.0. The van der Waals surface area contributed by atoms with Gasteiger partial charge in [-0.15, -0.1) is 9.13 Å². The SMILES string of the molecule is CC(C)c1cc2c(c(C(C)C)c1)OC13c4c(cc(-c5ccccc5)cc4-c4cc(-c5ccccc5)cc[n+]41)-c1cccc4c1[n+]3c-2n4-c1ccc(C(C)(C)C(C)(C)C)cc1-c1ccccc1. The Kier molecular flexibility index (Phi) is 8.72. The third-order valence-corrected chi connectivity index (χ3v) is 15.6. The zero-order chi connectivity index (χ0) is 45.4. The molecule has 0 saturated heterocycles. The average molecular weight is 860 g/mol. The van der Waals surface area contributed by atoms with Crippen molar-refractivity contribution in [3.8, 4) is 78.6 Å². The van der Waals surface area contributed by atoms with Crippen molar-refractivity contribution in [2.45, 2.75) is 85.4 Å². The van der Waals surface area contributed by atoms with E-state index in [0.717, 1.165) is 39.6 Å². The van der Waals surface area contributed by atoms with E-state index in [1.165, 1.54) is 72.3 Å². The Balaban J connectivity index is 1.28. The molecule has 0 saturated carbocycles. The van der Waals surface area contributed by atoms with Crippen LogP contribution in [0.3, 0.4) is 0 Å². The first-order chi connectivity index (χ1) is 31.8. The molecule has 1 spiro atoms. The van der Waals surface area contributed by atoms with Crippen LogP contribution in [0.2, 0.25) is 0 Å². The smallest absolute Gasteiger partial charge is 0.392 e. The maximum absolute atomic E-state index is 8.10. The van der Waals surface area contributed by atoms with Gasteiger partial charge in [0.1, 0.15) is 16.8 Å². The van der Waals surface area contributed by atoms with Crippen molar-refractivity contribution in [3.05, 3.63) is 192 Å². The summed E-state index contributed by atoms with van der Waals surface area (Å²) in [6.45, 7) is 21.1. The van der Waals surface area contributed by atoms with Gasteiger partial charge in [-0.1, -0.05) is 172 Å². The van der Waals surface area contributed by atoms with Gasteiger partial charge in [-0.05, 0) is 110 Å². The van der Waals surface area contributed by atoms with Crippen molar-refractivity contribution < 1.29 is 13.9 Å². The minimum atomic E-state index is -1.07. The summed E-state index contributed by atoms with van der Waals surface area (Å²) in [4.78, 5) is 0. The van der Waals surface area contributed by atoms with Crippen LogP contribution < -0.4 is 13.9 Å². The highest BCUT2D eigenvalue weighted by Crippen LogP contribution is 2.56. The van der Waals surface area contributed by atoms with Crippen LogP contribution in [0.4, 0.5) is 0 Å². The van der Waals surface area contributed by atoms with Crippen LogP contribution in [0.1, 0.15) is 96.4 Å². The molecule has 3 aliphatic heterocycles. The molecular formula is C62H57N3O+2. The normalized spacial score (nSPS) is 15.5. The molecule has 324 valence electrons. The summed E-state index contributed by atoms with van der Waals surface area (Å²) in [5.74, 6) is 1.53. The first-order valence-corrected chi connectivity index (χ1v) is 23.8. The Labute approximate surface area is 389 Å². The average Bonchev–Trinajstić information content (AvgIpc) is 3.82. The van der Waals surface area contributed by atoms with E-state index in [0.29, 0.717) is 5.92 Å². The van der Waals surface area contributed by atoms with Crippen LogP contribution in [0.25, 0.3) is 83.9 Å². The van der Waals surface area contributed by atoms with Gasteiger partial charge in [-0.2, -0.15) is 4.57 Å². The third kappa shape index (κ3) is 5.57. The lowest BCUT2D eigenvalue weighted by atomic mass is 9.65. The van der Waals surface area contributed by atoms with Crippen molar-refractivity contribution in [1.29, 1.82) is 0 Å². The van der Waals surface area contributed by atoms with E-state index in [1.807, 2.05) is 0 Å². The van der Waals surface area contributed by atoms with Gasteiger partial charge in [-0.3, -0.25) is 0 Å². The number of para-hydroxylation sites is 1. The van der Waals surface area contributed by atoms with E-state index < -0.39 is 5.85 Å². The Morgan fingerprint density at radius 1 is 0.530 bits per heavy atom. The fraction of sp³-hybridized carbons (Fsp3) is 0.226. The van der Waals surface area contributed by atoms with E-state index in [9.17, 15) is 0 Å². The summed E-state index contributed by atoms with van der Waals surface area (Å²) in [5, 5.41) is 0. The van der Waals surface area contributed by atoms with Gasteiger partial charge in [0.05, 0.1) is 5.56 Å². The number of benzene rings is 7. The van der Waals surface area contributed by atoms with Gasteiger partial charge in [-0.25, -0.2) is 0 Å². The number of nitrogens with zero attached hydrogens (tertiary/aromatic N) is 3. The van der Waals surface area contributed by atoms with Crippen LogP contribution in [0, 0.1) is 5.41 Å². The predicted molar refractivity (Wildman–Crippen MR) is 270 cm³/mol. The third-order valence-electron chi connectivity index (χ3n) is 15.6. The first kappa shape index (κ1) is 40.5. The Morgan fingerprint density at radius 3 is 1.83 bits per heavy atom. The molecule has 3 aliphatic rings. The topological polar surface area (TPSA) is 21.9 Å². The molecule has 2 aromatic heterocycles. The summed E-state index contributed by atoms with van der Waals surface area (Å²) < 4.78 is 15.7. The van der Waals surface area contributed by atoms with E-state index in [2.05, 4.69) is 246 Å². The molecule has 0 aliphatic carbocycles. The number of ether oxygens (including phenoxy) is 1. The molecule has 9 aromatic rings. The Morgan fingerprint density at radius 2 is 1.18 bits per heavy atom. The molecule has 0 fully saturated rings. The molecule has 0 N–H and O–H groups in total. The molecule has 7 aromatic carbocycles. The van der Waals surface area contributed by atoms with Crippen LogP contribution in [-0.4, -0.2) is 4.57 Å². The second kappa shape index (κ2) is 14.2. The number of imidazole rings is 1. The zero-order valence-electron chi connectivity index (χ0n) is 39.6. The number of hydrogen-bond acceptors (Lipinski definition) is 1. The largest absolute Gasteiger partial charge is 0.499 e. The molecule has 12 rings (SSSR count). The fourth-order valence-electron chi connectivity index (χ4n) is 11.0. The minimum Gasteiger partial charge on any atom is -0.392 e. The molecule has 0 bridgehead atoms. The van der Waals surface area contributed by atoms with Gasteiger partial charge in [0, 0.05) is 28.8 Å². The number of aromatic nitrogens is 3. The highest BCUT2D eigenvalue weighted by molar-refractivity contribution is 5.99. The molecule has 0 amide bonds. The van der Waals surface area contributed by atoms with Crippen LogP contribution in [0.15, 0.2) is 170 Å². The lowest BCUT2D eigenvalue weighted by molar-refractivity contribution is -0.997. The van der Waals surface area contributed by atoms with Crippen molar-refractivity contribution in [2.75, 3.05) is 0 Å². The first-order valence-electron chi connectivity index (χ1n) is 23.8. The number of rotatable bonds is 7. The highest BCUT2D eigenvalue weighted by Gasteiger charge is 2.69. The quantitative estimate of drug-likeness (QED) is 0.146. The lowest BCUT2D eigenvalue weighted by Gasteiger charge is -2.39. The summed E-state index contributed by atoms with van der Waals surface area (Å²) in [7, 11) is 0. The number of fused-ring (bicyclic) bond motifs is 5. The van der Waals surface area contributed by atoms with Gasteiger partial charge in [0.15, 0.2) is 23.0 Å². The van der Waals surface area contributed by atoms with E-state index in [1.54, 1.807) is 0 Å². The second-order valence-electron chi connectivity index (χ2n) is 21.0. The van der Waals surface area contributed by atoms with Gasteiger partial charge < -0.3 is 4.74 Å². The van der Waals surface area contributed by atoms with Crippen molar-refractivity contribution in [2.24, 2.45) is 5.41 Å². The lowest BCUT2D eigenvalue weighted by Crippen LogP contribution is -2.78. The molecule has 4 nitrogen and oxygen atoms in total. The molecule has 0 radical (unpaired) electrons. The molecule has 4 heteroatoms. The van der Waals surface area contributed by atoms with Gasteiger partial charge >= 0.3 is 11.7 Å². The highest BCUT2D eigenvalue weighted by atomic mass is 16.5. The molecule has 66 heavy (non-hydrogen) atoms.